The molecule has 0 aromatic heterocycles. The van der Waals surface area contributed by atoms with Crippen molar-refractivity contribution in [3.05, 3.63) is 35.9 Å². The molecule has 0 amide bonds. The molecule has 130 valence electrons. The van der Waals surface area contributed by atoms with Crippen LogP contribution in [-0.2, 0) is 0 Å². The molecule has 2 unspecified atom stereocenters. The quantitative estimate of drug-likeness (QED) is 0.355. The minimum atomic E-state index is -0.467. The predicted octanol–water partition coefficient (Wildman–Crippen LogP) is -0.523. The first kappa shape index (κ1) is 19.9. The highest BCUT2D eigenvalue weighted by Crippen LogP contribution is 2.25. The Balaban J connectivity index is 0.00000264. The lowest BCUT2D eigenvalue weighted by molar-refractivity contribution is -0.693. The van der Waals surface area contributed by atoms with Crippen molar-refractivity contribution in [2.75, 3.05) is 6.54 Å². The van der Waals surface area contributed by atoms with Gasteiger partial charge in [-0.3, -0.25) is 0 Å². The predicted molar refractivity (Wildman–Crippen MR) is 88.1 cm³/mol. The number of quaternary nitrogens is 1. The third-order valence-electron chi connectivity index (χ3n) is 4.78. The average molecular weight is 341 g/mol. The molecule has 4 N–H and O–H groups in total. The van der Waals surface area contributed by atoms with E-state index in [1.54, 1.807) is 0 Å². The van der Waals surface area contributed by atoms with Gasteiger partial charge in [0.15, 0.2) is 0 Å². The van der Waals surface area contributed by atoms with Gasteiger partial charge >= 0.3 is 0 Å². The third-order valence-corrected chi connectivity index (χ3v) is 4.78. The van der Waals surface area contributed by atoms with Gasteiger partial charge < -0.3 is 28.0 Å². The van der Waals surface area contributed by atoms with Gasteiger partial charge in [0.2, 0.25) is 0 Å². The SMILES string of the molecule is CC([NH2+]CC/C(=N\O)C1CCCCC1)C(O)c1ccccc1.[Cl-]. The number of aliphatic hydroxyl groups is 1. The third kappa shape index (κ3) is 6.13. The Kier molecular flexibility index (Phi) is 9.22. The maximum Gasteiger partial charge on any atom is 0.130 e. The fourth-order valence-corrected chi connectivity index (χ4v) is 3.35. The largest absolute Gasteiger partial charge is 1.00 e. The van der Waals surface area contributed by atoms with E-state index in [9.17, 15) is 10.3 Å². The van der Waals surface area contributed by atoms with Crippen LogP contribution in [0.2, 0.25) is 0 Å². The van der Waals surface area contributed by atoms with E-state index in [0.717, 1.165) is 37.1 Å². The fraction of sp³-hybridized carbons (Fsp3) is 0.611. The molecular formula is C18H29ClN2O2. The molecule has 1 saturated carbocycles. The fourth-order valence-electron chi connectivity index (χ4n) is 3.35. The second kappa shape index (κ2) is 10.6. The van der Waals surface area contributed by atoms with Gasteiger partial charge in [-0.2, -0.15) is 0 Å². The Bertz CT molecular complexity index is 461. The normalized spacial score (nSPS) is 19.0. The van der Waals surface area contributed by atoms with Gasteiger partial charge in [-0.25, -0.2) is 0 Å². The van der Waals surface area contributed by atoms with Crippen molar-refractivity contribution in [2.45, 2.75) is 57.6 Å². The molecule has 1 aliphatic carbocycles. The first-order valence-electron chi connectivity index (χ1n) is 8.49. The van der Waals surface area contributed by atoms with Crippen molar-refractivity contribution in [1.82, 2.24) is 0 Å². The Morgan fingerprint density at radius 2 is 1.87 bits per heavy atom. The van der Waals surface area contributed by atoms with Crippen LogP contribution in [0.5, 0.6) is 0 Å². The summed E-state index contributed by atoms with van der Waals surface area (Å²) in [6, 6.07) is 9.86. The van der Waals surface area contributed by atoms with Crippen LogP contribution in [0.1, 0.15) is 57.1 Å². The summed E-state index contributed by atoms with van der Waals surface area (Å²) < 4.78 is 0. The molecule has 0 saturated heterocycles. The van der Waals surface area contributed by atoms with Gasteiger partial charge in [0.1, 0.15) is 12.1 Å². The van der Waals surface area contributed by atoms with Crippen molar-refractivity contribution in [1.29, 1.82) is 0 Å². The molecule has 1 aromatic carbocycles. The standard InChI is InChI=1S/C18H28N2O2.ClH/c1-14(18(21)16-10-6-3-7-11-16)19-13-12-17(20-22)15-8-4-2-5-9-15;/h3,6-7,10-11,14-15,18-19,21-22H,2,4-5,8-9,12-13H2,1H3;1H/b20-17+;. The van der Waals surface area contributed by atoms with E-state index in [-0.39, 0.29) is 18.4 Å². The molecule has 5 heteroatoms. The zero-order chi connectivity index (χ0) is 15.8. The lowest BCUT2D eigenvalue weighted by atomic mass is 9.84. The van der Waals surface area contributed by atoms with Crippen molar-refractivity contribution in [2.24, 2.45) is 11.1 Å². The van der Waals surface area contributed by atoms with Crippen LogP contribution in [0.15, 0.2) is 35.5 Å². The van der Waals surface area contributed by atoms with Crippen LogP contribution in [0.25, 0.3) is 0 Å². The number of hydrogen-bond donors (Lipinski definition) is 3. The van der Waals surface area contributed by atoms with E-state index >= 15 is 0 Å². The first-order valence-corrected chi connectivity index (χ1v) is 8.49. The van der Waals surface area contributed by atoms with Crippen LogP contribution in [0, 0.1) is 5.92 Å². The van der Waals surface area contributed by atoms with E-state index in [1.165, 1.54) is 19.3 Å². The molecular weight excluding hydrogens is 312 g/mol. The number of rotatable bonds is 7. The number of aliphatic hydroxyl groups excluding tert-OH is 1. The zero-order valence-electron chi connectivity index (χ0n) is 13.9. The minimum Gasteiger partial charge on any atom is -1.00 e. The summed E-state index contributed by atoms with van der Waals surface area (Å²) in [7, 11) is 0. The summed E-state index contributed by atoms with van der Waals surface area (Å²) in [6.07, 6.45) is 6.44. The lowest BCUT2D eigenvalue weighted by Gasteiger charge is -2.23. The molecule has 4 nitrogen and oxygen atoms in total. The number of oxime groups is 1. The molecule has 2 atom stereocenters. The molecule has 2 rings (SSSR count). The monoisotopic (exact) mass is 340 g/mol. The summed E-state index contributed by atoms with van der Waals surface area (Å²) in [6.45, 7) is 2.88. The molecule has 0 heterocycles. The van der Waals surface area contributed by atoms with Crippen LogP contribution in [-0.4, -0.2) is 28.6 Å². The average Bonchev–Trinajstić information content (AvgIpc) is 2.59. The minimum absolute atomic E-state index is 0. The van der Waals surface area contributed by atoms with Gasteiger partial charge in [-0.15, -0.1) is 0 Å². The molecule has 1 aliphatic rings. The first-order chi connectivity index (χ1) is 10.7. The molecule has 0 bridgehead atoms. The smallest absolute Gasteiger partial charge is 0.130 e. The molecule has 23 heavy (non-hydrogen) atoms. The van der Waals surface area contributed by atoms with Gasteiger partial charge in [0.05, 0.1) is 12.3 Å². The van der Waals surface area contributed by atoms with Crippen LogP contribution in [0.4, 0.5) is 0 Å². The van der Waals surface area contributed by atoms with Gasteiger partial charge in [0, 0.05) is 12.3 Å². The second-order valence-corrected chi connectivity index (χ2v) is 6.42. The number of benzene rings is 1. The summed E-state index contributed by atoms with van der Waals surface area (Å²) in [5.74, 6) is 0.460. The topological polar surface area (TPSA) is 69.4 Å². The number of hydrogen-bond acceptors (Lipinski definition) is 3. The summed E-state index contributed by atoms with van der Waals surface area (Å²) >= 11 is 0. The van der Waals surface area contributed by atoms with E-state index in [4.69, 9.17) is 0 Å². The molecule has 1 aromatic rings. The Morgan fingerprint density at radius 1 is 1.22 bits per heavy atom. The zero-order valence-corrected chi connectivity index (χ0v) is 14.6. The molecule has 1 fully saturated rings. The Morgan fingerprint density at radius 3 is 2.48 bits per heavy atom. The van der Waals surface area contributed by atoms with Gasteiger partial charge in [0.25, 0.3) is 0 Å². The highest BCUT2D eigenvalue weighted by Gasteiger charge is 2.22. The Labute approximate surface area is 145 Å². The molecule has 0 radical (unpaired) electrons. The van der Waals surface area contributed by atoms with Gasteiger partial charge in [-0.1, -0.05) is 54.8 Å². The van der Waals surface area contributed by atoms with Crippen molar-refractivity contribution in [3.63, 3.8) is 0 Å². The maximum atomic E-state index is 10.3. The second-order valence-electron chi connectivity index (χ2n) is 6.42. The maximum absolute atomic E-state index is 10.3. The highest BCUT2D eigenvalue weighted by atomic mass is 35.5. The van der Waals surface area contributed by atoms with Crippen molar-refractivity contribution >= 4 is 5.71 Å². The van der Waals surface area contributed by atoms with Crippen molar-refractivity contribution in [3.8, 4) is 0 Å². The number of halogens is 1. The van der Waals surface area contributed by atoms with E-state index in [0.29, 0.717) is 5.92 Å². The van der Waals surface area contributed by atoms with Crippen LogP contribution in [0.3, 0.4) is 0 Å². The molecule has 0 aliphatic heterocycles. The van der Waals surface area contributed by atoms with E-state index in [1.807, 2.05) is 37.3 Å². The van der Waals surface area contributed by atoms with Gasteiger partial charge in [-0.05, 0) is 25.3 Å². The summed E-state index contributed by atoms with van der Waals surface area (Å²) in [5, 5.41) is 25.3. The lowest BCUT2D eigenvalue weighted by Crippen LogP contribution is -3.00. The van der Waals surface area contributed by atoms with Crippen LogP contribution >= 0.6 is 0 Å². The highest BCUT2D eigenvalue weighted by molar-refractivity contribution is 5.86. The molecule has 0 spiro atoms. The Hall–Kier alpha value is -1.10. The number of nitrogens with zero attached hydrogens (tertiary/aromatic N) is 1. The summed E-state index contributed by atoms with van der Waals surface area (Å²) in [4.78, 5) is 0. The van der Waals surface area contributed by atoms with E-state index in [2.05, 4.69) is 10.5 Å². The number of nitrogens with two attached hydrogens (primary N) is 1. The summed E-state index contributed by atoms with van der Waals surface area (Å²) in [5.41, 5.74) is 1.90. The van der Waals surface area contributed by atoms with Crippen LogP contribution < -0.4 is 17.7 Å². The van der Waals surface area contributed by atoms with E-state index < -0.39 is 6.10 Å². The van der Waals surface area contributed by atoms with Crippen molar-refractivity contribution < 1.29 is 28.0 Å².